The molecule has 6 heteroatoms. The average molecular weight is 260 g/mol. The maximum absolute atomic E-state index is 11.8. The summed E-state index contributed by atoms with van der Waals surface area (Å²) in [7, 11) is 3.55. The van der Waals surface area contributed by atoms with Gasteiger partial charge in [0.15, 0.2) is 0 Å². The summed E-state index contributed by atoms with van der Waals surface area (Å²) < 4.78 is 4.98. The van der Waals surface area contributed by atoms with Crippen LogP contribution >= 0.6 is 0 Å². The fourth-order valence-electron chi connectivity index (χ4n) is 1.42. The van der Waals surface area contributed by atoms with Gasteiger partial charge in [-0.05, 0) is 24.1 Å². The number of ether oxygens (including phenoxy) is 1. The quantitative estimate of drug-likeness (QED) is 0.268. The maximum atomic E-state index is 11.8. The molecule has 1 rings (SSSR count). The van der Waals surface area contributed by atoms with E-state index in [0.717, 1.165) is 5.56 Å². The smallest absolute Gasteiger partial charge is 0.354 e. The third-order valence-electron chi connectivity index (χ3n) is 2.32. The number of nitrogens with zero attached hydrogens (tertiary/aromatic N) is 4. The molecule has 0 aliphatic rings. The van der Waals surface area contributed by atoms with E-state index in [2.05, 4.69) is 10.0 Å². The van der Waals surface area contributed by atoms with E-state index in [0.29, 0.717) is 18.0 Å². The van der Waals surface area contributed by atoms with E-state index < -0.39 is 0 Å². The van der Waals surface area contributed by atoms with Crippen molar-refractivity contribution in [3.8, 4) is 0 Å². The van der Waals surface area contributed by atoms with Crippen molar-refractivity contribution in [3.63, 3.8) is 0 Å². The molecule has 0 aliphatic carbocycles. The van der Waals surface area contributed by atoms with Gasteiger partial charge in [-0.15, -0.1) is 0 Å². The lowest BCUT2D eigenvalue weighted by molar-refractivity contribution is -0.139. The highest BCUT2D eigenvalue weighted by molar-refractivity contribution is 5.92. The molecule has 0 amide bonds. The van der Waals surface area contributed by atoms with E-state index in [9.17, 15) is 4.79 Å². The molecule has 0 spiro atoms. The van der Waals surface area contributed by atoms with E-state index >= 15 is 0 Å². The zero-order valence-electron chi connectivity index (χ0n) is 11.2. The van der Waals surface area contributed by atoms with Crippen molar-refractivity contribution in [2.45, 2.75) is 6.92 Å². The van der Waals surface area contributed by atoms with Crippen LogP contribution in [0.3, 0.4) is 0 Å². The summed E-state index contributed by atoms with van der Waals surface area (Å²) >= 11 is 0. The van der Waals surface area contributed by atoms with Gasteiger partial charge in [-0.1, -0.05) is 29.4 Å². The largest absolute Gasteiger partial charge is 0.461 e. The first-order valence-corrected chi connectivity index (χ1v) is 5.79. The summed E-state index contributed by atoms with van der Waals surface area (Å²) in [5.74, 6) is -0.369. The SMILES string of the molecule is CCOC(=O)C(=Cc1ccc(N=[N+]=[N-])cc1)N(C)C. The number of hydrogen-bond acceptors (Lipinski definition) is 4. The van der Waals surface area contributed by atoms with Crippen LogP contribution in [-0.2, 0) is 9.53 Å². The van der Waals surface area contributed by atoms with Gasteiger partial charge >= 0.3 is 5.97 Å². The van der Waals surface area contributed by atoms with Gasteiger partial charge in [0, 0.05) is 24.7 Å². The van der Waals surface area contributed by atoms with Gasteiger partial charge in [-0.25, -0.2) is 4.79 Å². The second kappa shape index (κ2) is 7.08. The van der Waals surface area contributed by atoms with Crippen molar-refractivity contribution in [1.29, 1.82) is 0 Å². The molecule has 1 aromatic rings. The molecule has 0 fully saturated rings. The molecular weight excluding hydrogens is 244 g/mol. The molecule has 0 aromatic heterocycles. The average Bonchev–Trinajstić information content (AvgIpc) is 2.38. The Hall–Kier alpha value is -2.46. The van der Waals surface area contributed by atoms with Crippen LogP contribution in [0.15, 0.2) is 35.1 Å². The Bertz CT molecular complexity index is 514. The van der Waals surface area contributed by atoms with Crippen LogP contribution in [0.5, 0.6) is 0 Å². The van der Waals surface area contributed by atoms with Crippen LogP contribution in [0, 0.1) is 0 Å². The summed E-state index contributed by atoms with van der Waals surface area (Å²) in [6, 6.07) is 6.91. The lowest BCUT2D eigenvalue weighted by Crippen LogP contribution is -2.21. The number of hydrogen-bond donors (Lipinski definition) is 0. The highest BCUT2D eigenvalue weighted by Gasteiger charge is 2.12. The molecule has 100 valence electrons. The summed E-state index contributed by atoms with van der Waals surface area (Å²) in [6.45, 7) is 2.10. The predicted octanol–water partition coefficient (Wildman–Crippen LogP) is 3.09. The lowest BCUT2D eigenvalue weighted by atomic mass is 10.1. The first-order chi connectivity index (χ1) is 9.08. The fourth-order valence-corrected chi connectivity index (χ4v) is 1.42. The van der Waals surface area contributed by atoms with Crippen molar-refractivity contribution < 1.29 is 9.53 Å². The van der Waals surface area contributed by atoms with Crippen molar-refractivity contribution in [1.82, 2.24) is 4.90 Å². The molecule has 0 saturated heterocycles. The van der Waals surface area contributed by atoms with Crippen LogP contribution in [-0.4, -0.2) is 31.6 Å². The Morgan fingerprint density at radius 3 is 2.53 bits per heavy atom. The minimum Gasteiger partial charge on any atom is -0.461 e. The maximum Gasteiger partial charge on any atom is 0.354 e. The van der Waals surface area contributed by atoms with Gasteiger partial charge < -0.3 is 9.64 Å². The number of esters is 1. The number of benzene rings is 1. The number of carbonyl (C=O) groups is 1. The molecule has 0 aliphatic heterocycles. The van der Waals surface area contributed by atoms with Crippen molar-refractivity contribution in [2.24, 2.45) is 5.11 Å². The highest BCUT2D eigenvalue weighted by Crippen LogP contribution is 2.16. The third-order valence-corrected chi connectivity index (χ3v) is 2.32. The summed E-state index contributed by atoms with van der Waals surface area (Å²) in [4.78, 5) is 16.2. The zero-order valence-corrected chi connectivity index (χ0v) is 11.2. The van der Waals surface area contributed by atoms with E-state index in [-0.39, 0.29) is 5.97 Å². The number of likely N-dealkylation sites (N-methyl/N-ethyl adjacent to an activating group) is 1. The van der Waals surface area contributed by atoms with Gasteiger partial charge in [0.2, 0.25) is 0 Å². The van der Waals surface area contributed by atoms with Crippen LogP contribution in [0.25, 0.3) is 16.5 Å². The number of azide groups is 1. The Morgan fingerprint density at radius 2 is 2.05 bits per heavy atom. The van der Waals surface area contributed by atoms with Gasteiger partial charge in [-0.2, -0.15) is 0 Å². The van der Waals surface area contributed by atoms with Crippen LogP contribution < -0.4 is 0 Å². The van der Waals surface area contributed by atoms with E-state index in [1.807, 2.05) is 0 Å². The third kappa shape index (κ3) is 4.37. The molecule has 0 heterocycles. The highest BCUT2D eigenvalue weighted by atomic mass is 16.5. The number of carbonyl (C=O) groups excluding carboxylic acids is 1. The topological polar surface area (TPSA) is 78.3 Å². The molecule has 0 radical (unpaired) electrons. The Balaban J connectivity index is 3.01. The first kappa shape index (κ1) is 14.6. The fraction of sp³-hybridized carbons (Fsp3) is 0.308. The molecule has 19 heavy (non-hydrogen) atoms. The van der Waals surface area contributed by atoms with E-state index in [1.54, 1.807) is 56.3 Å². The Labute approximate surface area is 111 Å². The van der Waals surface area contributed by atoms with Crippen molar-refractivity contribution >= 4 is 17.7 Å². The number of rotatable bonds is 5. The Morgan fingerprint density at radius 1 is 1.42 bits per heavy atom. The predicted molar refractivity (Wildman–Crippen MR) is 73.5 cm³/mol. The molecule has 0 atom stereocenters. The van der Waals surface area contributed by atoms with Crippen molar-refractivity contribution in [2.75, 3.05) is 20.7 Å². The van der Waals surface area contributed by atoms with E-state index in [1.165, 1.54) is 0 Å². The summed E-state index contributed by atoms with van der Waals surface area (Å²) in [6.07, 6.45) is 1.72. The van der Waals surface area contributed by atoms with Gasteiger partial charge in [0.05, 0.1) is 6.61 Å². The summed E-state index contributed by atoms with van der Waals surface area (Å²) in [5, 5.41) is 3.48. The molecule has 0 saturated carbocycles. The standard InChI is InChI=1S/C13H16N4O2/c1-4-19-13(18)12(17(2)3)9-10-5-7-11(8-6-10)15-16-14/h5-9H,4H2,1-3H3. The van der Waals surface area contributed by atoms with Crippen LogP contribution in [0.1, 0.15) is 12.5 Å². The molecule has 6 nitrogen and oxygen atoms in total. The van der Waals surface area contributed by atoms with Gasteiger partial charge in [-0.3, -0.25) is 0 Å². The van der Waals surface area contributed by atoms with E-state index in [4.69, 9.17) is 10.3 Å². The molecule has 0 bridgehead atoms. The van der Waals surface area contributed by atoms with Crippen LogP contribution in [0.2, 0.25) is 0 Å². The molecule has 0 N–H and O–H groups in total. The second-order valence-electron chi connectivity index (χ2n) is 3.93. The minimum absolute atomic E-state index is 0.333. The molecule has 0 unspecified atom stereocenters. The normalized spacial score (nSPS) is 10.6. The lowest BCUT2D eigenvalue weighted by Gasteiger charge is -2.15. The minimum atomic E-state index is -0.369. The monoisotopic (exact) mass is 260 g/mol. The Kier molecular flexibility index (Phi) is 5.44. The molecular formula is C13H16N4O2. The van der Waals surface area contributed by atoms with Crippen LogP contribution in [0.4, 0.5) is 5.69 Å². The second-order valence-corrected chi connectivity index (χ2v) is 3.93. The van der Waals surface area contributed by atoms with Crippen molar-refractivity contribution in [3.05, 3.63) is 46.0 Å². The zero-order chi connectivity index (χ0) is 14.3. The summed E-state index contributed by atoms with van der Waals surface area (Å²) in [5.41, 5.74) is 10.1. The first-order valence-electron chi connectivity index (χ1n) is 5.79. The molecule has 1 aromatic carbocycles. The van der Waals surface area contributed by atoms with Gasteiger partial charge in [0.1, 0.15) is 5.70 Å². The van der Waals surface area contributed by atoms with Gasteiger partial charge in [0.25, 0.3) is 0 Å².